The molecule has 1 fully saturated rings. The van der Waals surface area contributed by atoms with Crippen molar-refractivity contribution in [2.24, 2.45) is 0 Å². The topological polar surface area (TPSA) is 59.1 Å². The molecule has 2 amide bonds. The Bertz CT molecular complexity index is 882. The van der Waals surface area contributed by atoms with Gasteiger partial charge in [-0.1, -0.05) is 64.5 Å². The smallest absolute Gasteiger partial charge is 0.410 e. The summed E-state index contributed by atoms with van der Waals surface area (Å²) in [5, 5.41) is 0. The Hall–Kier alpha value is -2.54. The van der Waals surface area contributed by atoms with Gasteiger partial charge in [0.05, 0.1) is 6.04 Å². The van der Waals surface area contributed by atoms with Gasteiger partial charge in [-0.05, 0) is 38.0 Å². The third kappa shape index (κ3) is 5.75. The molecule has 0 saturated carbocycles. The number of hydrogen-bond donors (Lipinski definition) is 0. The van der Waals surface area contributed by atoms with Crippen LogP contribution < -0.4 is 0 Å². The van der Waals surface area contributed by atoms with Gasteiger partial charge in [-0.2, -0.15) is 0 Å². The molecule has 0 aliphatic carbocycles. The van der Waals surface area contributed by atoms with Crippen LogP contribution >= 0.6 is 15.9 Å². The summed E-state index contributed by atoms with van der Waals surface area (Å²) in [5.41, 5.74) is 1.27. The lowest BCUT2D eigenvalue weighted by atomic mass is 10.0. The summed E-state index contributed by atoms with van der Waals surface area (Å²) >= 11 is 3.58. The van der Waals surface area contributed by atoms with Crippen molar-refractivity contribution in [2.75, 3.05) is 19.6 Å². The van der Waals surface area contributed by atoms with Crippen LogP contribution in [0.5, 0.6) is 0 Å². The first-order valence-corrected chi connectivity index (χ1v) is 10.7. The maximum absolute atomic E-state index is 12.9. The van der Waals surface area contributed by atoms with Crippen LogP contribution in [-0.4, -0.2) is 47.2 Å². The SMILES string of the molecule is CC(C)(C)OC(=O)N1CCN(C(=O)OCc2ccccc2)C(c2ccccc2Br)C1. The fourth-order valence-electron chi connectivity index (χ4n) is 3.31. The van der Waals surface area contributed by atoms with Crippen LogP contribution in [0.2, 0.25) is 0 Å². The molecule has 1 heterocycles. The highest BCUT2D eigenvalue weighted by atomic mass is 79.9. The van der Waals surface area contributed by atoms with Gasteiger partial charge in [0.15, 0.2) is 0 Å². The Labute approximate surface area is 185 Å². The van der Waals surface area contributed by atoms with E-state index in [1.54, 1.807) is 9.80 Å². The first kappa shape index (κ1) is 22.2. The van der Waals surface area contributed by atoms with E-state index < -0.39 is 11.7 Å². The van der Waals surface area contributed by atoms with Crippen molar-refractivity contribution in [3.8, 4) is 0 Å². The van der Waals surface area contributed by atoms with Crippen LogP contribution in [-0.2, 0) is 16.1 Å². The summed E-state index contributed by atoms with van der Waals surface area (Å²) in [5.74, 6) is 0. The van der Waals surface area contributed by atoms with Crippen LogP contribution in [0, 0.1) is 0 Å². The minimum absolute atomic E-state index is 0.203. The molecule has 1 aliphatic heterocycles. The summed E-state index contributed by atoms with van der Waals surface area (Å²) < 4.78 is 12.0. The molecule has 7 heteroatoms. The van der Waals surface area contributed by atoms with E-state index in [4.69, 9.17) is 9.47 Å². The second-order valence-electron chi connectivity index (χ2n) is 8.20. The standard InChI is InChI=1S/C23H27BrN2O4/c1-23(2,3)30-21(27)25-13-14-26(20(15-25)18-11-7-8-12-19(18)24)22(28)29-16-17-9-5-4-6-10-17/h4-12,20H,13-16H2,1-3H3. The number of rotatable bonds is 3. The maximum atomic E-state index is 12.9. The highest BCUT2D eigenvalue weighted by Gasteiger charge is 2.36. The molecule has 0 spiro atoms. The van der Waals surface area contributed by atoms with Crippen molar-refractivity contribution < 1.29 is 19.1 Å². The molecule has 6 nitrogen and oxygen atoms in total. The number of nitrogens with zero attached hydrogens (tertiary/aromatic N) is 2. The van der Waals surface area contributed by atoms with Crippen molar-refractivity contribution >= 4 is 28.1 Å². The van der Waals surface area contributed by atoms with E-state index in [1.165, 1.54) is 0 Å². The molecule has 3 rings (SSSR count). The van der Waals surface area contributed by atoms with Gasteiger partial charge in [-0.15, -0.1) is 0 Å². The highest BCUT2D eigenvalue weighted by molar-refractivity contribution is 9.10. The molecular formula is C23H27BrN2O4. The van der Waals surface area contributed by atoms with E-state index in [-0.39, 0.29) is 18.7 Å². The summed E-state index contributed by atoms with van der Waals surface area (Å²) in [6.45, 7) is 6.80. The van der Waals surface area contributed by atoms with Crippen molar-refractivity contribution in [1.29, 1.82) is 0 Å². The average molecular weight is 475 g/mol. The number of benzene rings is 2. The molecule has 2 aromatic rings. The van der Waals surface area contributed by atoms with Gasteiger partial charge in [0.25, 0.3) is 0 Å². The van der Waals surface area contributed by atoms with E-state index >= 15 is 0 Å². The van der Waals surface area contributed by atoms with Gasteiger partial charge in [0.1, 0.15) is 12.2 Å². The maximum Gasteiger partial charge on any atom is 0.410 e. The van der Waals surface area contributed by atoms with E-state index in [1.807, 2.05) is 75.4 Å². The molecule has 0 N–H and O–H groups in total. The van der Waals surface area contributed by atoms with Crippen molar-refractivity contribution in [2.45, 2.75) is 39.0 Å². The van der Waals surface area contributed by atoms with Gasteiger partial charge >= 0.3 is 12.2 Å². The quantitative estimate of drug-likeness (QED) is 0.598. The number of amides is 2. The lowest BCUT2D eigenvalue weighted by Crippen LogP contribution is -2.53. The molecular weight excluding hydrogens is 448 g/mol. The highest BCUT2D eigenvalue weighted by Crippen LogP contribution is 2.32. The fourth-order valence-corrected chi connectivity index (χ4v) is 3.86. The molecule has 1 saturated heterocycles. The zero-order chi connectivity index (χ0) is 21.7. The summed E-state index contributed by atoms with van der Waals surface area (Å²) in [6.07, 6.45) is -0.777. The molecule has 0 bridgehead atoms. The number of piperazine rings is 1. The Morgan fingerprint density at radius 1 is 1.00 bits per heavy atom. The zero-order valence-electron chi connectivity index (χ0n) is 17.5. The normalized spacial score (nSPS) is 16.9. The lowest BCUT2D eigenvalue weighted by molar-refractivity contribution is 0.000735. The first-order valence-electron chi connectivity index (χ1n) is 9.94. The van der Waals surface area contributed by atoms with Crippen molar-refractivity contribution in [1.82, 2.24) is 9.80 Å². The number of halogens is 1. The van der Waals surface area contributed by atoms with Crippen LogP contribution in [0.25, 0.3) is 0 Å². The van der Waals surface area contributed by atoms with Crippen molar-refractivity contribution in [3.63, 3.8) is 0 Å². The van der Waals surface area contributed by atoms with Gasteiger partial charge < -0.3 is 14.4 Å². The second-order valence-corrected chi connectivity index (χ2v) is 9.05. The van der Waals surface area contributed by atoms with Crippen LogP contribution in [0.3, 0.4) is 0 Å². The summed E-state index contributed by atoms with van der Waals surface area (Å²) in [7, 11) is 0. The van der Waals surface area contributed by atoms with E-state index in [2.05, 4.69) is 15.9 Å². The molecule has 1 aliphatic rings. The van der Waals surface area contributed by atoms with Gasteiger partial charge in [-0.3, -0.25) is 4.90 Å². The zero-order valence-corrected chi connectivity index (χ0v) is 19.1. The minimum Gasteiger partial charge on any atom is -0.445 e. The molecule has 160 valence electrons. The predicted octanol–water partition coefficient (Wildman–Crippen LogP) is 5.38. The first-order chi connectivity index (χ1) is 14.2. The van der Waals surface area contributed by atoms with E-state index in [9.17, 15) is 9.59 Å². The Balaban J connectivity index is 1.77. The lowest BCUT2D eigenvalue weighted by Gasteiger charge is -2.41. The molecule has 1 atom stereocenters. The van der Waals surface area contributed by atoms with Crippen LogP contribution in [0.1, 0.15) is 37.9 Å². The third-order valence-electron chi connectivity index (χ3n) is 4.74. The fraction of sp³-hybridized carbons (Fsp3) is 0.391. The number of carbonyl (C=O) groups excluding carboxylic acids is 2. The molecule has 0 radical (unpaired) electrons. The number of carbonyl (C=O) groups is 2. The largest absolute Gasteiger partial charge is 0.445 e. The molecule has 2 aromatic carbocycles. The van der Waals surface area contributed by atoms with Crippen LogP contribution in [0.15, 0.2) is 59.1 Å². The minimum atomic E-state index is -0.578. The summed E-state index contributed by atoms with van der Waals surface area (Å²) in [4.78, 5) is 28.9. The molecule has 0 aromatic heterocycles. The Morgan fingerprint density at radius 3 is 2.33 bits per heavy atom. The third-order valence-corrected chi connectivity index (χ3v) is 5.46. The average Bonchev–Trinajstić information content (AvgIpc) is 2.71. The van der Waals surface area contributed by atoms with Crippen LogP contribution in [0.4, 0.5) is 9.59 Å². The van der Waals surface area contributed by atoms with Gasteiger partial charge in [-0.25, -0.2) is 9.59 Å². The van der Waals surface area contributed by atoms with Crippen molar-refractivity contribution in [3.05, 3.63) is 70.2 Å². The summed E-state index contributed by atoms with van der Waals surface area (Å²) in [6, 6.07) is 16.9. The molecule has 1 unspecified atom stereocenters. The Morgan fingerprint density at radius 2 is 1.67 bits per heavy atom. The molecule has 30 heavy (non-hydrogen) atoms. The monoisotopic (exact) mass is 474 g/mol. The van der Waals surface area contributed by atoms with Gasteiger partial charge in [0, 0.05) is 24.1 Å². The van der Waals surface area contributed by atoms with E-state index in [0.717, 1.165) is 15.6 Å². The number of hydrogen-bond acceptors (Lipinski definition) is 4. The van der Waals surface area contributed by atoms with Gasteiger partial charge in [0.2, 0.25) is 0 Å². The Kier molecular flexibility index (Phi) is 7.02. The van der Waals surface area contributed by atoms with E-state index in [0.29, 0.717) is 19.6 Å². The number of ether oxygens (including phenoxy) is 2. The second kappa shape index (κ2) is 9.51. The predicted molar refractivity (Wildman–Crippen MR) is 118 cm³/mol.